The van der Waals surface area contributed by atoms with E-state index in [1.165, 1.54) is 5.56 Å². The first-order valence-electron chi connectivity index (χ1n) is 7.46. The van der Waals surface area contributed by atoms with Crippen LogP contribution in [0.4, 0.5) is 0 Å². The van der Waals surface area contributed by atoms with E-state index in [1.807, 2.05) is 61.5 Å². The molecule has 2 rings (SSSR count). The molecule has 4 N–H and O–H groups in total. The number of hydrogen-bond donors (Lipinski definition) is 4. The van der Waals surface area contributed by atoms with Crippen LogP contribution in [0.3, 0.4) is 0 Å². The van der Waals surface area contributed by atoms with Gasteiger partial charge in [0.15, 0.2) is 5.78 Å². The summed E-state index contributed by atoms with van der Waals surface area (Å²) in [6, 6.07) is 17.0. The largest absolute Gasteiger partial charge is 0.394 e. The van der Waals surface area contributed by atoms with Crippen LogP contribution in [0.5, 0.6) is 0 Å². The first kappa shape index (κ1) is 24.1. The highest BCUT2D eigenvalue weighted by Crippen LogP contribution is 2.10. The molecule has 9 heteroatoms. The quantitative estimate of drug-likeness (QED) is 0.268. The Morgan fingerprint density at radius 2 is 1.44 bits per heavy atom. The number of aliphatic hydroxyl groups is 1. The summed E-state index contributed by atoms with van der Waals surface area (Å²) >= 11 is 0. The van der Waals surface area contributed by atoms with Gasteiger partial charge in [-0.05, 0) is 13.0 Å². The molecule has 0 aromatic heterocycles. The molecular weight excluding hydrogens is 374 g/mol. The van der Waals surface area contributed by atoms with E-state index in [4.69, 9.17) is 22.6 Å². The number of carbonyl (C=O) groups is 2. The molecule has 8 nitrogen and oxygen atoms in total. The summed E-state index contributed by atoms with van der Waals surface area (Å²) in [5, 5.41) is 10.1. The summed E-state index contributed by atoms with van der Waals surface area (Å²) in [5.41, 5.74) is 2.65. The highest BCUT2D eigenvalue weighted by Gasteiger charge is 2.06. The highest BCUT2D eigenvalue weighted by atomic mass is 32.3. The summed E-state index contributed by atoms with van der Waals surface area (Å²) in [7, 11) is -4.67. The van der Waals surface area contributed by atoms with Crippen molar-refractivity contribution >= 4 is 22.1 Å². The van der Waals surface area contributed by atoms with Gasteiger partial charge in [0.05, 0.1) is 0 Å². The zero-order valence-corrected chi connectivity index (χ0v) is 15.4. The zero-order chi connectivity index (χ0) is 20.9. The van der Waals surface area contributed by atoms with Crippen LogP contribution in [0.2, 0.25) is 0 Å². The second kappa shape index (κ2) is 12.5. The third-order valence-corrected chi connectivity index (χ3v) is 2.79. The van der Waals surface area contributed by atoms with Gasteiger partial charge in [-0.25, -0.2) is 0 Å². The molecule has 0 heterocycles. The maximum atomic E-state index is 12.0. The Hall–Kier alpha value is -2.85. The van der Waals surface area contributed by atoms with Crippen molar-refractivity contribution in [2.75, 3.05) is 6.73 Å². The van der Waals surface area contributed by atoms with E-state index in [2.05, 4.69) is 11.9 Å². The lowest BCUT2D eigenvalue weighted by Gasteiger charge is -2.00. The monoisotopic (exact) mass is 395 g/mol. The fourth-order valence-electron chi connectivity index (χ4n) is 1.61. The third-order valence-electron chi connectivity index (χ3n) is 2.79. The molecule has 0 radical (unpaired) electrons. The number of rotatable bonds is 4. The summed E-state index contributed by atoms with van der Waals surface area (Å²) in [4.78, 5) is 22.0. The van der Waals surface area contributed by atoms with Gasteiger partial charge in [0.1, 0.15) is 6.73 Å². The Morgan fingerprint density at radius 3 is 1.81 bits per heavy atom. The Morgan fingerprint density at radius 1 is 1.00 bits per heavy atom. The van der Waals surface area contributed by atoms with Crippen molar-refractivity contribution in [3.63, 3.8) is 0 Å². The van der Waals surface area contributed by atoms with Gasteiger partial charge in [-0.15, -0.1) is 0 Å². The Labute approximate surface area is 157 Å². The highest BCUT2D eigenvalue weighted by molar-refractivity contribution is 7.79. The lowest BCUT2D eigenvalue weighted by molar-refractivity contribution is -0.117. The zero-order valence-electron chi connectivity index (χ0n) is 14.6. The van der Waals surface area contributed by atoms with Gasteiger partial charge < -0.3 is 10.4 Å². The van der Waals surface area contributed by atoms with Crippen molar-refractivity contribution in [2.45, 2.75) is 6.92 Å². The van der Waals surface area contributed by atoms with Gasteiger partial charge >= 0.3 is 10.4 Å². The molecular formula is C18H21NO7S. The Bertz CT molecular complexity index is 824. The summed E-state index contributed by atoms with van der Waals surface area (Å²) in [6.45, 7) is 4.84. The van der Waals surface area contributed by atoms with Gasteiger partial charge in [-0.1, -0.05) is 66.7 Å². The van der Waals surface area contributed by atoms with E-state index in [0.717, 1.165) is 17.2 Å². The first-order valence-corrected chi connectivity index (χ1v) is 8.85. The average Bonchev–Trinajstić information content (AvgIpc) is 2.62. The number of hydrogen-bond acceptors (Lipinski definition) is 5. The fraction of sp³-hybridized carbons (Fsp3) is 0.111. The molecule has 0 aliphatic carbocycles. The molecule has 0 aliphatic rings. The second-order valence-corrected chi connectivity index (χ2v) is 5.81. The summed E-state index contributed by atoms with van der Waals surface area (Å²) in [6.07, 6.45) is 1.09. The number of ketones is 1. The molecule has 0 saturated carbocycles. The summed E-state index contributed by atoms with van der Waals surface area (Å²) < 4.78 is 31.6. The number of carbonyl (C=O) groups excluding carboxylic acids is 2. The molecule has 146 valence electrons. The van der Waals surface area contributed by atoms with Crippen LogP contribution in [-0.4, -0.2) is 41.1 Å². The minimum absolute atomic E-state index is 0.0793. The van der Waals surface area contributed by atoms with E-state index < -0.39 is 10.4 Å². The van der Waals surface area contributed by atoms with E-state index in [9.17, 15) is 9.59 Å². The van der Waals surface area contributed by atoms with Crippen LogP contribution in [0, 0.1) is 6.92 Å². The number of amides is 1. The lowest BCUT2D eigenvalue weighted by Crippen LogP contribution is -2.20. The second-order valence-electron chi connectivity index (χ2n) is 4.91. The minimum atomic E-state index is -4.67. The number of aryl methyl sites for hydroxylation is 1. The van der Waals surface area contributed by atoms with Crippen molar-refractivity contribution in [1.82, 2.24) is 5.32 Å². The van der Waals surface area contributed by atoms with Gasteiger partial charge in [0.25, 0.3) is 0 Å². The van der Waals surface area contributed by atoms with Crippen molar-refractivity contribution in [1.29, 1.82) is 0 Å². The molecule has 1 amide bonds. The molecule has 2 aromatic rings. The van der Waals surface area contributed by atoms with Gasteiger partial charge in [-0.2, -0.15) is 8.42 Å². The maximum absolute atomic E-state index is 12.0. The predicted molar refractivity (Wildman–Crippen MR) is 101 cm³/mol. The number of nitrogens with one attached hydrogen (secondary N) is 1. The Balaban J connectivity index is 0.000000472. The molecule has 0 unspecified atom stereocenters. The van der Waals surface area contributed by atoms with Gasteiger partial charge in [0, 0.05) is 11.1 Å². The topological polar surface area (TPSA) is 141 Å². The normalized spacial score (nSPS) is 9.63. The Kier molecular flexibility index (Phi) is 11.2. The molecule has 0 bridgehead atoms. The number of benzene rings is 2. The maximum Gasteiger partial charge on any atom is 0.394 e. The van der Waals surface area contributed by atoms with Crippen molar-refractivity contribution in [3.05, 3.63) is 83.9 Å². The fourth-order valence-corrected chi connectivity index (χ4v) is 1.61. The minimum Gasteiger partial charge on any atom is -0.376 e. The van der Waals surface area contributed by atoms with Crippen LogP contribution in [0.1, 0.15) is 21.5 Å². The van der Waals surface area contributed by atoms with E-state index in [1.54, 1.807) is 0 Å². The molecule has 0 atom stereocenters. The standard InChI is InChI=1S/C14H12O.C4H7NO2.H2O4S/c1-11-7-9-13(10-8-11)14(15)12-5-3-2-4-6-12;1-2-4(7)5-3-6;1-5(2,3)4/h2-10H,1H3;2,6H,1,3H2,(H,5,7);(H2,1,2,3,4). The van der Waals surface area contributed by atoms with Crippen LogP contribution >= 0.6 is 0 Å². The molecule has 0 spiro atoms. The van der Waals surface area contributed by atoms with Crippen molar-refractivity contribution in [3.8, 4) is 0 Å². The molecule has 2 aromatic carbocycles. The van der Waals surface area contributed by atoms with Crippen molar-refractivity contribution in [2.24, 2.45) is 0 Å². The molecule has 27 heavy (non-hydrogen) atoms. The van der Waals surface area contributed by atoms with E-state index in [-0.39, 0.29) is 18.4 Å². The number of aliphatic hydroxyl groups excluding tert-OH is 1. The SMILES string of the molecule is C=CC(=O)NCO.Cc1ccc(C(=O)c2ccccc2)cc1.O=S(=O)(O)O. The summed E-state index contributed by atoms with van der Waals surface area (Å²) in [5.74, 6) is -0.280. The smallest absolute Gasteiger partial charge is 0.376 e. The lowest BCUT2D eigenvalue weighted by atomic mass is 10.0. The van der Waals surface area contributed by atoms with Gasteiger partial charge in [0.2, 0.25) is 5.91 Å². The van der Waals surface area contributed by atoms with Crippen LogP contribution < -0.4 is 5.32 Å². The predicted octanol–water partition coefficient (Wildman–Crippen LogP) is 1.81. The first-order chi connectivity index (χ1) is 12.6. The van der Waals surface area contributed by atoms with E-state index in [0.29, 0.717) is 0 Å². The molecule has 0 saturated heterocycles. The van der Waals surface area contributed by atoms with Crippen molar-refractivity contribution < 1.29 is 32.2 Å². The average molecular weight is 395 g/mol. The molecule has 0 fully saturated rings. The van der Waals surface area contributed by atoms with Gasteiger partial charge in [-0.3, -0.25) is 18.7 Å². The third kappa shape index (κ3) is 13.1. The van der Waals surface area contributed by atoms with Crippen LogP contribution in [0.15, 0.2) is 67.3 Å². The van der Waals surface area contributed by atoms with E-state index >= 15 is 0 Å². The van der Waals surface area contributed by atoms with Crippen LogP contribution in [0.25, 0.3) is 0 Å². The van der Waals surface area contributed by atoms with Crippen LogP contribution in [-0.2, 0) is 15.2 Å². The molecule has 0 aliphatic heterocycles.